The lowest BCUT2D eigenvalue weighted by atomic mass is 9.93. The number of nitrogens with one attached hydrogen (secondary N) is 1. The van der Waals surface area contributed by atoms with Crippen LogP contribution in [0.1, 0.15) is 42.8 Å². The number of aromatic nitrogens is 4. The number of hydrogen-bond donors (Lipinski definition) is 1. The van der Waals surface area contributed by atoms with Crippen molar-refractivity contribution in [2.45, 2.75) is 39.2 Å². The molecule has 0 aliphatic heterocycles. The molecule has 2 heterocycles. The van der Waals surface area contributed by atoms with Crippen molar-refractivity contribution < 1.29 is 0 Å². The van der Waals surface area contributed by atoms with Gasteiger partial charge in [0, 0.05) is 11.6 Å². The first-order valence-electron chi connectivity index (χ1n) is 6.90. The van der Waals surface area contributed by atoms with E-state index in [1.54, 1.807) is 0 Å². The minimum absolute atomic E-state index is 0.431. The van der Waals surface area contributed by atoms with Crippen LogP contribution < -0.4 is 5.32 Å². The maximum Gasteiger partial charge on any atom is 0.175 e. The van der Waals surface area contributed by atoms with Crippen LogP contribution in [-0.4, -0.2) is 26.5 Å². The van der Waals surface area contributed by atoms with Gasteiger partial charge in [0.05, 0.1) is 17.6 Å². The van der Waals surface area contributed by atoms with E-state index in [-0.39, 0.29) is 0 Å². The largest absolute Gasteiger partial charge is 0.310 e. The average Bonchev–Trinajstić information content (AvgIpc) is 2.85. The van der Waals surface area contributed by atoms with Crippen molar-refractivity contribution in [1.29, 1.82) is 0 Å². The molecular formula is C14H19N5. The van der Waals surface area contributed by atoms with E-state index in [1.165, 1.54) is 24.1 Å². The molecule has 3 rings (SSSR count). The van der Waals surface area contributed by atoms with E-state index in [0.29, 0.717) is 6.04 Å². The van der Waals surface area contributed by atoms with Crippen molar-refractivity contribution in [2.75, 3.05) is 6.54 Å². The molecule has 100 valence electrons. The van der Waals surface area contributed by atoms with E-state index in [2.05, 4.69) is 27.5 Å². The molecule has 0 bridgehead atoms. The van der Waals surface area contributed by atoms with Gasteiger partial charge in [-0.1, -0.05) is 6.92 Å². The van der Waals surface area contributed by atoms with Gasteiger partial charge in [-0.25, -0.2) is 4.68 Å². The molecular weight excluding hydrogens is 238 g/mol. The van der Waals surface area contributed by atoms with Crippen molar-refractivity contribution in [1.82, 2.24) is 25.3 Å². The Morgan fingerprint density at radius 3 is 3.00 bits per heavy atom. The summed E-state index contributed by atoms with van der Waals surface area (Å²) in [5.41, 5.74) is 3.51. The van der Waals surface area contributed by atoms with Crippen LogP contribution in [-0.2, 0) is 6.42 Å². The van der Waals surface area contributed by atoms with Gasteiger partial charge in [-0.05, 0) is 44.9 Å². The summed E-state index contributed by atoms with van der Waals surface area (Å²) in [7, 11) is 0. The van der Waals surface area contributed by atoms with Crippen molar-refractivity contribution in [3.8, 4) is 5.82 Å². The maximum absolute atomic E-state index is 4.50. The van der Waals surface area contributed by atoms with Crippen molar-refractivity contribution >= 4 is 0 Å². The van der Waals surface area contributed by atoms with Gasteiger partial charge in [0.15, 0.2) is 5.82 Å². The first kappa shape index (κ1) is 12.3. The van der Waals surface area contributed by atoms with Crippen molar-refractivity contribution in [3.05, 3.63) is 35.3 Å². The second kappa shape index (κ2) is 5.09. The average molecular weight is 257 g/mol. The Balaban J connectivity index is 1.98. The molecule has 0 fully saturated rings. The normalized spacial score (nSPS) is 18.3. The van der Waals surface area contributed by atoms with E-state index < -0.39 is 0 Å². The van der Waals surface area contributed by atoms with Crippen LogP contribution in [0.2, 0.25) is 0 Å². The highest BCUT2D eigenvalue weighted by Crippen LogP contribution is 2.30. The Bertz CT molecular complexity index is 558. The van der Waals surface area contributed by atoms with Crippen molar-refractivity contribution in [3.63, 3.8) is 0 Å². The fourth-order valence-corrected chi connectivity index (χ4v) is 2.72. The Kier molecular flexibility index (Phi) is 3.29. The summed E-state index contributed by atoms with van der Waals surface area (Å²) in [4.78, 5) is 0. The Hall–Kier alpha value is -1.75. The fourth-order valence-electron chi connectivity index (χ4n) is 2.72. The van der Waals surface area contributed by atoms with Gasteiger partial charge in [0.1, 0.15) is 0 Å². The van der Waals surface area contributed by atoms with Crippen LogP contribution in [0.5, 0.6) is 0 Å². The highest BCUT2D eigenvalue weighted by atomic mass is 15.3. The van der Waals surface area contributed by atoms with Crippen LogP contribution in [0.3, 0.4) is 0 Å². The Morgan fingerprint density at radius 1 is 1.37 bits per heavy atom. The van der Waals surface area contributed by atoms with Crippen LogP contribution in [0, 0.1) is 6.92 Å². The van der Waals surface area contributed by atoms with Crippen LogP contribution in [0.25, 0.3) is 5.82 Å². The van der Waals surface area contributed by atoms with E-state index in [4.69, 9.17) is 0 Å². The molecule has 1 aliphatic carbocycles. The van der Waals surface area contributed by atoms with Gasteiger partial charge in [0.25, 0.3) is 0 Å². The Labute approximate surface area is 113 Å². The summed E-state index contributed by atoms with van der Waals surface area (Å²) >= 11 is 0. The highest BCUT2D eigenvalue weighted by molar-refractivity contribution is 5.32. The maximum atomic E-state index is 4.50. The van der Waals surface area contributed by atoms with E-state index in [1.807, 2.05) is 29.9 Å². The lowest BCUT2D eigenvalue weighted by molar-refractivity contribution is 0.466. The molecule has 0 saturated carbocycles. The van der Waals surface area contributed by atoms with Gasteiger partial charge >= 0.3 is 0 Å². The molecule has 0 amide bonds. The smallest absolute Gasteiger partial charge is 0.175 e. The summed E-state index contributed by atoms with van der Waals surface area (Å²) in [5.74, 6) is 0.809. The first-order valence-corrected chi connectivity index (χ1v) is 6.90. The molecule has 5 nitrogen and oxygen atoms in total. The molecule has 1 unspecified atom stereocenters. The standard InChI is InChI=1S/C14H19N5/c1-3-15-12-5-4-6-13-11(12)9-16-19(13)14-8-7-10(2)17-18-14/h7-9,12,15H,3-6H2,1-2H3. The van der Waals surface area contributed by atoms with Crippen LogP contribution in [0.4, 0.5) is 0 Å². The zero-order chi connectivity index (χ0) is 13.2. The summed E-state index contributed by atoms with van der Waals surface area (Å²) in [6.07, 6.45) is 5.41. The van der Waals surface area contributed by atoms with Gasteiger partial charge in [0.2, 0.25) is 0 Å². The SMILES string of the molecule is CCNC1CCCc2c1cnn2-c1ccc(C)nn1. The third-order valence-corrected chi connectivity index (χ3v) is 3.63. The molecule has 1 aliphatic rings. The predicted octanol–water partition coefficient (Wildman–Crippen LogP) is 1.96. The monoisotopic (exact) mass is 257 g/mol. The summed E-state index contributed by atoms with van der Waals surface area (Å²) in [5, 5.41) is 16.4. The number of hydrogen-bond acceptors (Lipinski definition) is 4. The quantitative estimate of drug-likeness (QED) is 0.913. The lowest BCUT2D eigenvalue weighted by Crippen LogP contribution is -2.25. The van der Waals surface area contributed by atoms with Crippen LogP contribution >= 0.6 is 0 Å². The number of aryl methyl sites for hydroxylation is 1. The van der Waals surface area contributed by atoms with E-state index in [9.17, 15) is 0 Å². The fraction of sp³-hybridized carbons (Fsp3) is 0.500. The number of nitrogens with zero attached hydrogens (tertiary/aromatic N) is 4. The third kappa shape index (κ3) is 2.26. The van der Waals surface area contributed by atoms with Crippen molar-refractivity contribution in [2.24, 2.45) is 0 Å². The predicted molar refractivity (Wildman–Crippen MR) is 73.2 cm³/mol. The summed E-state index contributed by atoms with van der Waals surface area (Å²) < 4.78 is 1.94. The van der Waals surface area contributed by atoms with Gasteiger partial charge in [-0.2, -0.15) is 10.2 Å². The molecule has 0 spiro atoms. The molecule has 0 radical (unpaired) electrons. The first-order chi connectivity index (χ1) is 9.29. The second-order valence-electron chi connectivity index (χ2n) is 4.99. The third-order valence-electron chi connectivity index (χ3n) is 3.63. The summed E-state index contributed by atoms with van der Waals surface area (Å²) in [6, 6.07) is 4.38. The van der Waals surface area contributed by atoms with Gasteiger partial charge in [-0.15, -0.1) is 5.10 Å². The minimum Gasteiger partial charge on any atom is -0.310 e. The van der Waals surface area contributed by atoms with E-state index in [0.717, 1.165) is 24.5 Å². The molecule has 0 aromatic carbocycles. The zero-order valence-electron chi connectivity index (χ0n) is 11.4. The molecule has 2 aromatic rings. The van der Waals surface area contributed by atoms with E-state index >= 15 is 0 Å². The highest BCUT2D eigenvalue weighted by Gasteiger charge is 2.24. The zero-order valence-corrected chi connectivity index (χ0v) is 11.4. The molecule has 5 heteroatoms. The topological polar surface area (TPSA) is 55.6 Å². The number of fused-ring (bicyclic) bond motifs is 1. The number of rotatable bonds is 3. The molecule has 19 heavy (non-hydrogen) atoms. The van der Waals surface area contributed by atoms with Gasteiger partial charge < -0.3 is 5.32 Å². The minimum atomic E-state index is 0.431. The summed E-state index contributed by atoms with van der Waals surface area (Å²) in [6.45, 7) is 5.07. The molecule has 1 atom stereocenters. The molecule has 2 aromatic heterocycles. The molecule has 1 N–H and O–H groups in total. The lowest BCUT2D eigenvalue weighted by Gasteiger charge is -2.23. The molecule has 0 saturated heterocycles. The Morgan fingerprint density at radius 2 is 2.26 bits per heavy atom. The van der Waals surface area contributed by atoms with Crippen LogP contribution in [0.15, 0.2) is 18.3 Å². The second-order valence-corrected chi connectivity index (χ2v) is 4.99. The van der Waals surface area contributed by atoms with Gasteiger partial charge in [-0.3, -0.25) is 0 Å².